The third-order valence-corrected chi connectivity index (χ3v) is 3.76. The summed E-state index contributed by atoms with van der Waals surface area (Å²) in [7, 11) is 0. The van der Waals surface area contributed by atoms with Crippen molar-refractivity contribution in [2.45, 2.75) is 39.8 Å². The molecule has 2 aromatic heterocycles. The molecule has 0 amide bonds. The van der Waals surface area contributed by atoms with Gasteiger partial charge in [-0.15, -0.1) is 11.3 Å². The zero-order valence-electron chi connectivity index (χ0n) is 11.3. The van der Waals surface area contributed by atoms with Crippen LogP contribution in [-0.2, 0) is 0 Å². The maximum Gasteiger partial charge on any atom is 0.126 e. The van der Waals surface area contributed by atoms with Crippen molar-refractivity contribution in [1.29, 1.82) is 0 Å². The second-order valence-corrected chi connectivity index (χ2v) is 5.52. The lowest BCUT2D eigenvalue weighted by Crippen LogP contribution is -2.17. The van der Waals surface area contributed by atoms with Crippen LogP contribution in [0.15, 0.2) is 17.8 Å². The topological polar surface area (TPSA) is 42.7 Å². The maximum atomic E-state index is 4.67. The molecule has 5 heteroatoms. The van der Waals surface area contributed by atoms with Crippen LogP contribution >= 0.6 is 11.3 Å². The van der Waals surface area contributed by atoms with Gasteiger partial charge in [0.25, 0.3) is 0 Å². The molecule has 0 aromatic carbocycles. The van der Waals surface area contributed by atoms with E-state index in [0.29, 0.717) is 12.1 Å². The molecule has 0 aliphatic heterocycles. The molecule has 0 spiro atoms. The summed E-state index contributed by atoms with van der Waals surface area (Å²) >= 11 is 1.68. The first-order chi connectivity index (χ1) is 8.61. The van der Waals surface area contributed by atoms with Crippen molar-refractivity contribution >= 4 is 11.3 Å². The van der Waals surface area contributed by atoms with Gasteiger partial charge in [-0.25, -0.2) is 4.98 Å². The molecule has 0 bridgehead atoms. The summed E-state index contributed by atoms with van der Waals surface area (Å²) in [6, 6.07) is 0.694. The van der Waals surface area contributed by atoms with E-state index in [9.17, 15) is 0 Å². The van der Waals surface area contributed by atoms with Crippen molar-refractivity contribution in [2.75, 3.05) is 6.54 Å². The van der Waals surface area contributed by atoms with E-state index in [1.54, 1.807) is 11.3 Å². The lowest BCUT2D eigenvalue weighted by atomic mass is 10.2. The van der Waals surface area contributed by atoms with E-state index in [1.165, 1.54) is 0 Å². The number of nitrogens with one attached hydrogen (secondary N) is 1. The molecule has 0 saturated carbocycles. The summed E-state index contributed by atoms with van der Waals surface area (Å²) in [6.07, 6.45) is 3.95. The van der Waals surface area contributed by atoms with Gasteiger partial charge in [0.15, 0.2) is 0 Å². The van der Waals surface area contributed by atoms with E-state index in [0.717, 1.165) is 22.8 Å². The lowest BCUT2D eigenvalue weighted by molar-refractivity contribution is 0.532. The predicted molar refractivity (Wildman–Crippen MR) is 75.8 cm³/mol. The average molecular weight is 264 g/mol. The molecule has 1 atom stereocenters. The predicted octanol–water partition coefficient (Wildman–Crippen LogP) is 3.26. The molecule has 0 radical (unpaired) electrons. The number of hydrogen-bond donors (Lipinski definition) is 1. The van der Waals surface area contributed by atoms with Crippen LogP contribution < -0.4 is 5.32 Å². The molecule has 0 aliphatic rings. The molecule has 1 unspecified atom stereocenters. The Bertz CT molecular complexity index is 501. The molecule has 0 aliphatic carbocycles. The second-order valence-electron chi connectivity index (χ2n) is 4.66. The monoisotopic (exact) mass is 264 g/mol. The Labute approximate surface area is 112 Å². The first-order valence-corrected chi connectivity index (χ1v) is 7.23. The highest BCUT2D eigenvalue weighted by Gasteiger charge is 2.11. The van der Waals surface area contributed by atoms with Gasteiger partial charge in [-0.05, 0) is 27.3 Å². The zero-order valence-corrected chi connectivity index (χ0v) is 12.2. The van der Waals surface area contributed by atoms with Crippen LogP contribution in [0.5, 0.6) is 0 Å². The fraction of sp³-hybridized carbons (Fsp3) is 0.538. The molecule has 98 valence electrons. The SMILES string of the molecule is CCNC(C)c1csc(-c2cnn(C(C)C)c2)n1. The summed E-state index contributed by atoms with van der Waals surface area (Å²) in [4.78, 5) is 4.67. The molecule has 4 nitrogen and oxygen atoms in total. The minimum Gasteiger partial charge on any atom is -0.309 e. The highest BCUT2D eigenvalue weighted by Crippen LogP contribution is 2.26. The van der Waals surface area contributed by atoms with Gasteiger partial charge in [-0.2, -0.15) is 5.10 Å². The third kappa shape index (κ3) is 2.79. The highest BCUT2D eigenvalue weighted by atomic mass is 32.1. The van der Waals surface area contributed by atoms with Crippen molar-refractivity contribution in [3.05, 3.63) is 23.5 Å². The van der Waals surface area contributed by atoms with Crippen LogP contribution in [0.1, 0.15) is 45.5 Å². The summed E-state index contributed by atoms with van der Waals surface area (Å²) in [5.74, 6) is 0. The number of aromatic nitrogens is 3. The Morgan fingerprint density at radius 3 is 2.78 bits per heavy atom. The Morgan fingerprint density at radius 2 is 2.17 bits per heavy atom. The fourth-order valence-corrected chi connectivity index (χ4v) is 2.65. The Balaban J connectivity index is 2.18. The number of thiazole rings is 1. The van der Waals surface area contributed by atoms with Crippen molar-refractivity contribution in [1.82, 2.24) is 20.1 Å². The van der Waals surface area contributed by atoms with Gasteiger partial charge in [0.1, 0.15) is 5.01 Å². The summed E-state index contributed by atoms with van der Waals surface area (Å²) in [6.45, 7) is 9.45. The quantitative estimate of drug-likeness (QED) is 0.901. The highest BCUT2D eigenvalue weighted by molar-refractivity contribution is 7.13. The standard InChI is InChI=1S/C13H20N4S/c1-5-14-10(4)12-8-18-13(16-12)11-6-15-17(7-11)9(2)3/h6-10,14H,5H2,1-4H3. The summed E-state index contributed by atoms with van der Waals surface area (Å²) in [5.41, 5.74) is 2.21. The molecule has 2 aromatic rings. The van der Waals surface area contributed by atoms with Crippen molar-refractivity contribution in [3.63, 3.8) is 0 Å². The van der Waals surface area contributed by atoms with Gasteiger partial charge in [0.2, 0.25) is 0 Å². The van der Waals surface area contributed by atoms with E-state index >= 15 is 0 Å². The molecule has 2 rings (SSSR count). The van der Waals surface area contributed by atoms with Gasteiger partial charge in [0, 0.05) is 29.2 Å². The van der Waals surface area contributed by atoms with E-state index < -0.39 is 0 Å². The minimum atomic E-state index is 0.306. The minimum absolute atomic E-state index is 0.306. The van der Waals surface area contributed by atoms with Crippen LogP contribution in [0.2, 0.25) is 0 Å². The summed E-state index contributed by atoms with van der Waals surface area (Å²) < 4.78 is 1.96. The summed E-state index contributed by atoms with van der Waals surface area (Å²) in [5, 5.41) is 10.9. The first-order valence-electron chi connectivity index (χ1n) is 6.35. The van der Waals surface area contributed by atoms with Gasteiger partial charge < -0.3 is 5.32 Å². The Kier molecular flexibility index (Phi) is 4.14. The number of hydrogen-bond acceptors (Lipinski definition) is 4. The maximum absolute atomic E-state index is 4.67. The molecular weight excluding hydrogens is 244 g/mol. The molecule has 0 fully saturated rings. The van der Waals surface area contributed by atoms with Crippen molar-refractivity contribution in [2.24, 2.45) is 0 Å². The largest absolute Gasteiger partial charge is 0.309 e. The van der Waals surface area contributed by atoms with E-state index in [4.69, 9.17) is 0 Å². The number of rotatable bonds is 5. The zero-order chi connectivity index (χ0) is 13.1. The van der Waals surface area contributed by atoms with Gasteiger partial charge in [-0.3, -0.25) is 4.68 Å². The van der Waals surface area contributed by atoms with Gasteiger partial charge in [0.05, 0.1) is 11.9 Å². The van der Waals surface area contributed by atoms with Crippen LogP contribution in [0.25, 0.3) is 10.6 Å². The molecular formula is C13H20N4S. The first kappa shape index (κ1) is 13.2. The van der Waals surface area contributed by atoms with Crippen LogP contribution in [0.3, 0.4) is 0 Å². The van der Waals surface area contributed by atoms with E-state index in [-0.39, 0.29) is 0 Å². The second kappa shape index (κ2) is 5.63. The molecule has 2 heterocycles. The smallest absolute Gasteiger partial charge is 0.126 e. The fourth-order valence-electron chi connectivity index (χ4n) is 1.76. The van der Waals surface area contributed by atoms with E-state index in [2.05, 4.69) is 54.7 Å². The number of nitrogens with zero attached hydrogens (tertiary/aromatic N) is 3. The molecule has 0 saturated heterocycles. The van der Waals surface area contributed by atoms with Crippen LogP contribution in [0, 0.1) is 0 Å². The Morgan fingerprint density at radius 1 is 1.39 bits per heavy atom. The van der Waals surface area contributed by atoms with Crippen molar-refractivity contribution < 1.29 is 0 Å². The molecule has 1 N–H and O–H groups in total. The normalized spacial score (nSPS) is 13.2. The van der Waals surface area contributed by atoms with E-state index in [1.807, 2.05) is 10.9 Å². The van der Waals surface area contributed by atoms with Crippen LogP contribution in [0.4, 0.5) is 0 Å². The van der Waals surface area contributed by atoms with Crippen LogP contribution in [-0.4, -0.2) is 21.3 Å². The molecule has 18 heavy (non-hydrogen) atoms. The average Bonchev–Trinajstić information content (AvgIpc) is 2.98. The lowest BCUT2D eigenvalue weighted by Gasteiger charge is -2.07. The third-order valence-electron chi connectivity index (χ3n) is 2.85. The van der Waals surface area contributed by atoms with Gasteiger partial charge in [-0.1, -0.05) is 6.92 Å². The van der Waals surface area contributed by atoms with Gasteiger partial charge >= 0.3 is 0 Å². The Hall–Kier alpha value is -1.20. The van der Waals surface area contributed by atoms with Crippen molar-refractivity contribution in [3.8, 4) is 10.6 Å².